The van der Waals surface area contributed by atoms with Crippen molar-refractivity contribution in [2.24, 2.45) is 0 Å². The highest BCUT2D eigenvalue weighted by Gasteiger charge is 2.14. The Morgan fingerprint density at radius 3 is 2.66 bits per heavy atom. The fraction of sp³-hybridized carbons (Fsp3) is 0.136. The van der Waals surface area contributed by atoms with Gasteiger partial charge >= 0.3 is 0 Å². The van der Waals surface area contributed by atoms with Crippen LogP contribution in [-0.2, 0) is 6.42 Å². The Hall–Kier alpha value is -3.87. The van der Waals surface area contributed by atoms with Crippen molar-refractivity contribution >= 4 is 28.4 Å². The fourth-order valence-electron chi connectivity index (χ4n) is 3.01. The van der Waals surface area contributed by atoms with Crippen molar-refractivity contribution in [1.29, 1.82) is 0 Å². The number of nitrogens with one attached hydrogen (secondary N) is 1. The minimum Gasteiger partial charge on any atom is -0.340 e. The molecule has 4 aromatic rings. The monoisotopic (exact) mass is 384 g/mol. The van der Waals surface area contributed by atoms with Crippen molar-refractivity contribution in [2.75, 3.05) is 18.9 Å². The van der Waals surface area contributed by atoms with E-state index in [0.29, 0.717) is 18.2 Å². The van der Waals surface area contributed by atoms with Crippen LogP contribution in [0.3, 0.4) is 0 Å². The summed E-state index contributed by atoms with van der Waals surface area (Å²) in [5, 5.41) is 4.19. The van der Waals surface area contributed by atoms with Gasteiger partial charge in [0.2, 0.25) is 5.95 Å². The quantitative estimate of drug-likeness (QED) is 0.548. The van der Waals surface area contributed by atoms with Gasteiger partial charge in [-0.2, -0.15) is 0 Å². The van der Waals surface area contributed by atoms with Crippen molar-refractivity contribution in [3.05, 3.63) is 84.6 Å². The van der Waals surface area contributed by atoms with Crippen LogP contribution < -0.4 is 5.32 Å². The summed E-state index contributed by atoms with van der Waals surface area (Å²) in [4.78, 5) is 31.5. The molecule has 144 valence electrons. The minimum absolute atomic E-state index is 0.152. The molecule has 0 aliphatic carbocycles. The fourth-order valence-corrected chi connectivity index (χ4v) is 3.01. The van der Waals surface area contributed by atoms with Gasteiger partial charge in [-0.3, -0.25) is 14.8 Å². The molecule has 3 heterocycles. The van der Waals surface area contributed by atoms with E-state index in [1.165, 1.54) is 0 Å². The molecule has 3 aromatic heterocycles. The predicted molar refractivity (Wildman–Crippen MR) is 112 cm³/mol. The Morgan fingerprint density at radius 2 is 1.79 bits per heavy atom. The summed E-state index contributed by atoms with van der Waals surface area (Å²) in [5.74, 6) is 0.206. The third kappa shape index (κ3) is 4.35. The van der Waals surface area contributed by atoms with Gasteiger partial charge in [-0.25, -0.2) is 9.97 Å². The first kappa shape index (κ1) is 18.5. The van der Waals surface area contributed by atoms with Gasteiger partial charge in [0.25, 0.3) is 5.91 Å². The molecule has 4 rings (SSSR count). The number of fused-ring (bicyclic) bond motifs is 1. The van der Waals surface area contributed by atoms with Crippen LogP contribution in [0.15, 0.2) is 73.3 Å². The second kappa shape index (κ2) is 8.43. The number of pyridine rings is 2. The zero-order chi connectivity index (χ0) is 20.1. The molecule has 0 unspecified atom stereocenters. The second-order valence-electron chi connectivity index (χ2n) is 6.60. The van der Waals surface area contributed by atoms with Crippen LogP contribution in [-0.4, -0.2) is 44.3 Å². The Labute approximate surface area is 168 Å². The number of amides is 1. The predicted octanol–water partition coefficient (Wildman–Crippen LogP) is 3.48. The van der Waals surface area contributed by atoms with Gasteiger partial charge in [0, 0.05) is 43.8 Å². The highest BCUT2D eigenvalue weighted by molar-refractivity contribution is 5.93. The lowest BCUT2D eigenvalue weighted by molar-refractivity contribution is 0.0791. The molecule has 0 bridgehead atoms. The highest BCUT2D eigenvalue weighted by Crippen LogP contribution is 2.23. The number of rotatable bonds is 6. The first-order valence-corrected chi connectivity index (χ1v) is 9.29. The van der Waals surface area contributed by atoms with E-state index in [1.807, 2.05) is 42.5 Å². The maximum Gasteiger partial charge on any atom is 0.272 e. The third-order valence-electron chi connectivity index (χ3n) is 4.59. The summed E-state index contributed by atoms with van der Waals surface area (Å²) in [5.41, 5.74) is 3.09. The standard InChI is InChI=1S/C22H20N6O/c1-28(15-10-16-7-12-23-13-8-16)21(29)19-9-14-25-22(27-19)26-18-6-2-4-17-5-3-11-24-20(17)18/h2-9,11-14H,10,15H2,1H3,(H,25,26,27). The molecule has 0 fully saturated rings. The van der Waals surface area contributed by atoms with Crippen molar-refractivity contribution in [1.82, 2.24) is 24.8 Å². The highest BCUT2D eigenvalue weighted by atomic mass is 16.2. The zero-order valence-corrected chi connectivity index (χ0v) is 16.0. The zero-order valence-electron chi connectivity index (χ0n) is 16.0. The summed E-state index contributed by atoms with van der Waals surface area (Å²) >= 11 is 0. The number of hydrogen-bond donors (Lipinski definition) is 1. The van der Waals surface area contributed by atoms with E-state index in [0.717, 1.165) is 28.6 Å². The summed E-state index contributed by atoms with van der Waals surface area (Å²) in [6.07, 6.45) is 7.58. The molecule has 0 spiro atoms. The number of carbonyl (C=O) groups excluding carboxylic acids is 1. The van der Waals surface area contributed by atoms with Crippen molar-refractivity contribution < 1.29 is 4.79 Å². The van der Waals surface area contributed by atoms with E-state index in [9.17, 15) is 4.79 Å². The van der Waals surface area contributed by atoms with Crippen LogP contribution in [0.2, 0.25) is 0 Å². The number of carbonyl (C=O) groups is 1. The lowest BCUT2D eigenvalue weighted by atomic mass is 10.2. The summed E-state index contributed by atoms with van der Waals surface area (Å²) < 4.78 is 0. The normalized spacial score (nSPS) is 10.7. The average molecular weight is 384 g/mol. The molecular weight excluding hydrogens is 364 g/mol. The summed E-state index contributed by atoms with van der Waals surface area (Å²) in [7, 11) is 1.77. The average Bonchev–Trinajstić information content (AvgIpc) is 2.78. The van der Waals surface area contributed by atoms with Crippen LogP contribution in [0.5, 0.6) is 0 Å². The van der Waals surface area contributed by atoms with E-state index in [-0.39, 0.29) is 5.91 Å². The Morgan fingerprint density at radius 1 is 0.966 bits per heavy atom. The van der Waals surface area contributed by atoms with E-state index in [4.69, 9.17) is 0 Å². The van der Waals surface area contributed by atoms with Crippen LogP contribution in [0, 0.1) is 0 Å². The Balaban J connectivity index is 1.48. The minimum atomic E-state index is -0.152. The van der Waals surface area contributed by atoms with Gasteiger partial charge in [0.1, 0.15) is 5.69 Å². The van der Waals surface area contributed by atoms with Crippen molar-refractivity contribution in [2.45, 2.75) is 6.42 Å². The molecule has 0 saturated carbocycles. The molecule has 7 heteroatoms. The van der Waals surface area contributed by atoms with Gasteiger partial charge in [-0.1, -0.05) is 18.2 Å². The lowest BCUT2D eigenvalue weighted by Gasteiger charge is -2.17. The number of para-hydroxylation sites is 1. The maximum atomic E-state index is 12.8. The Bertz CT molecular complexity index is 1130. The maximum absolute atomic E-state index is 12.8. The molecule has 7 nitrogen and oxygen atoms in total. The van der Waals surface area contributed by atoms with Crippen molar-refractivity contribution in [3.63, 3.8) is 0 Å². The van der Waals surface area contributed by atoms with E-state index in [2.05, 4.69) is 25.3 Å². The first-order chi connectivity index (χ1) is 14.2. The molecule has 0 aliphatic rings. The topological polar surface area (TPSA) is 83.9 Å². The molecule has 0 radical (unpaired) electrons. The van der Waals surface area contributed by atoms with E-state index in [1.54, 1.807) is 42.8 Å². The second-order valence-corrected chi connectivity index (χ2v) is 6.60. The molecular formula is C22H20N6O. The van der Waals surface area contributed by atoms with Crippen LogP contribution in [0.1, 0.15) is 16.1 Å². The number of benzene rings is 1. The number of nitrogens with zero attached hydrogens (tertiary/aromatic N) is 5. The SMILES string of the molecule is CN(CCc1ccncc1)C(=O)c1ccnc(Nc2cccc3cccnc23)n1. The van der Waals surface area contributed by atoms with Crippen molar-refractivity contribution in [3.8, 4) is 0 Å². The number of aromatic nitrogens is 4. The van der Waals surface area contributed by atoms with E-state index < -0.39 is 0 Å². The van der Waals surface area contributed by atoms with E-state index >= 15 is 0 Å². The number of likely N-dealkylation sites (N-methyl/N-ethyl adjacent to an activating group) is 1. The molecule has 1 amide bonds. The Kier molecular flexibility index (Phi) is 5.38. The molecule has 1 aromatic carbocycles. The number of hydrogen-bond acceptors (Lipinski definition) is 6. The van der Waals surface area contributed by atoms with Gasteiger partial charge in [0.15, 0.2) is 0 Å². The lowest BCUT2D eigenvalue weighted by Crippen LogP contribution is -2.29. The largest absolute Gasteiger partial charge is 0.340 e. The summed E-state index contributed by atoms with van der Waals surface area (Å²) in [6, 6.07) is 15.2. The number of anilines is 2. The van der Waals surface area contributed by atoms with Gasteiger partial charge in [0.05, 0.1) is 11.2 Å². The van der Waals surface area contributed by atoms with Crippen LogP contribution in [0.4, 0.5) is 11.6 Å². The molecule has 29 heavy (non-hydrogen) atoms. The summed E-state index contributed by atoms with van der Waals surface area (Å²) in [6.45, 7) is 0.586. The smallest absolute Gasteiger partial charge is 0.272 e. The molecule has 0 aliphatic heterocycles. The molecule has 1 N–H and O–H groups in total. The molecule has 0 atom stereocenters. The van der Waals surface area contributed by atoms with Gasteiger partial charge in [-0.05, 0) is 42.3 Å². The third-order valence-corrected chi connectivity index (χ3v) is 4.59. The molecule has 0 saturated heterocycles. The van der Waals surface area contributed by atoms with Crippen LogP contribution in [0.25, 0.3) is 10.9 Å². The van der Waals surface area contributed by atoms with Gasteiger partial charge in [-0.15, -0.1) is 0 Å². The van der Waals surface area contributed by atoms with Crippen LogP contribution >= 0.6 is 0 Å². The van der Waals surface area contributed by atoms with Gasteiger partial charge < -0.3 is 10.2 Å². The first-order valence-electron chi connectivity index (χ1n) is 9.29.